The van der Waals surface area contributed by atoms with E-state index in [9.17, 15) is 9.59 Å². The van der Waals surface area contributed by atoms with E-state index >= 15 is 0 Å². The monoisotopic (exact) mass is 207 g/mol. The third kappa shape index (κ3) is 1.63. The number of nitrogens with one attached hydrogen (secondary N) is 1. The Morgan fingerprint density at radius 1 is 1.60 bits per heavy atom. The fraction of sp³-hybridized carbons (Fsp3) is 0.200. The van der Waals surface area contributed by atoms with Gasteiger partial charge in [0.1, 0.15) is 5.58 Å². The summed E-state index contributed by atoms with van der Waals surface area (Å²) < 4.78 is 9.92. The molecule has 0 aromatic carbocycles. The number of ether oxygens (including phenoxy) is 1. The molecule has 0 fully saturated rings. The molecule has 0 aliphatic rings. The number of carbonyl (C=O) groups is 1. The maximum atomic E-state index is 11.3. The first kappa shape index (κ1) is 9.51. The minimum atomic E-state index is -0.562. The SMILES string of the molecule is CCOC(=O)c1cc2c(=O)[nH]ccc2o1. The van der Waals surface area contributed by atoms with Crippen molar-refractivity contribution in [2.75, 3.05) is 6.61 Å². The van der Waals surface area contributed by atoms with Crippen LogP contribution < -0.4 is 5.56 Å². The van der Waals surface area contributed by atoms with E-state index in [1.807, 2.05) is 0 Å². The zero-order valence-electron chi connectivity index (χ0n) is 8.07. The summed E-state index contributed by atoms with van der Waals surface area (Å²) in [7, 11) is 0. The average molecular weight is 207 g/mol. The Hall–Kier alpha value is -2.04. The summed E-state index contributed by atoms with van der Waals surface area (Å²) in [4.78, 5) is 25.1. The molecule has 15 heavy (non-hydrogen) atoms. The van der Waals surface area contributed by atoms with Crippen molar-refractivity contribution in [2.24, 2.45) is 0 Å². The Balaban J connectivity index is 2.52. The van der Waals surface area contributed by atoms with E-state index in [-0.39, 0.29) is 17.9 Å². The predicted molar refractivity (Wildman–Crippen MR) is 52.8 cm³/mol. The van der Waals surface area contributed by atoms with Gasteiger partial charge in [-0.1, -0.05) is 0 Å². The molecule has 0 aliphatic heterocycles. The summed E-state index contributed by atoms with van der Waals surface area (Å²) in [6.45, 7) is 1.97. The summed E-state index contributed by atoms with van der Waals surface area (Å²) in [5.74, 6) is -0.517. The van der Waals surface area contributed by atoms with Crippen LogP contribution in [0.1, 0.15) is 17.5 Å². The smallest absolute Gasteiger partial charge is 0.374 e. The highest BCUT2D eigenvalue weighted by molar-refractivity contribution is 5.92. The maximum absolute atomic E-state index is 11.3. The van der Waals surface area contributed by atoms with Crippen molar-refractivity contribution >= 4 is 16.9 Å². The number of hydrogen-bond acceptors (Lipinski definition) is 4. The van der Waals surface area contributed by atoms with Crippen LogP contribution in [-0.4, -0.2) is 17.6 Å². The molecule has 0 unspecified atom stereocenters. The summed E-state index contributed by atoms with van der Waals surface area (Å²) in [6.07, 6.45) is 1.46. The first-order valence-electron chi connectivity index (χ1n) is 4.50. The van der Waals surface area contributed by atoms with Crippen LogP contribution in [-0.2, 0) is 4.74 Å². The fourth-order valence-corrected chi connectivity index (χ4v) is 1.28. The van der Waals surface area contributed by atoms with Gasteiger partial charge in [-0.3, -0.25) is 4.79 Å². The van der Waals surface area contributed by atoms with E-state index < -0.39 is 5.97 Å². The Kier molecular flexibility index (Phi) is 2.29. The molecule has 1 N–H and O–H groups in total. The second-order valence-electron chi connectivity index (χ2n) is 2.92. The summed E-state index contributed by atoms with van der Waals surface area (Å²) >= 11 is 0. The lowest BCUT2D eigenvalue weighted by atomic mass is 10.3. The fourth-order valence-electron chi connectivity index (χ4n) is 1.28. The summed E-state index contributed by atoms with van der Waals surface area (Å²) in [6, 6.07) is 2.96. The molecule has 0 bridgehead atoms. The highest BCUT2D eigenvalue weighted by atomic mass is 16.5. The standard InChI is InChI=1S/C10H9NO4/c1-2-14-10(13)8-5-6-7(15-8)3-4-11-9(6)12/h3-5H,2H2,1H3,(H,11,12). The molecule has 2 rings (SSSR count). The van der Waals surface area contributed by atoms with Gasteiger partial charge in [0.25, 0.3) is 5.56 Å². The molecule has 2 aromatic rings. The number of fused-ring (bicyclic) bond motifs is 1. The van der Waals surface area contributed by atoms with E-state index in [0.29, 0.717) is 11.0 Å². The third-order valence-electron chi connectivity index (χ3n) is 1.93. The van der Waals surface area contributed by atoms with Gasteiger partial charge in [-0.2, -0.15) is 0 Å². The van der Waals surface area contributed by atoms with Crippen molar-refractivity contribution in [1.29, 1.82) is 0 Å². The molecule has 2 aromatic heterocycles. The Labute approximate surface area is 84.7 Å². The first-order chi connectivity index (χ1) is 7.22. The molecule has 5 heteroatoms. The van der Waals surface area contributed by atoms with Crippen molar-refractivity contribution < 1.29 is 13.9 Å². The molecule has 2 heterocycles. The van der Waals surface area contributed by atoms with Gasteiger partial charge in [-0.25, -0.2) is 4.79 Å². The second kappa shape index (κ2) is 3.61. The zero-order chi connectivity index (χ0) is 10.8. The lowest BCUT2D eigenvalue weighted by Crippen LogP contribution is -2.03. The number of hydrogen-bond donors (Lipinski definition) is 1. The number of pyridine rings is 1. The van der Waals surface area contributed by atoms with Gasteiger partial charge in [0.15, 0.2) is 0 Å². The number of rotatable bonds is 2. The van der Waals surface area contributed by atoms with Crippen molar-refractivity contribution in [2.45, 2.75) is 6.92 Å². The highest BCUT2D eigenvalue weighted by Crippen LogP contribution is 2.15. The van der Waals surface area contributed by atoms with Gasteiger partial charge in [-0.05, 0) is 13.0 Å². The van der Waals surface area contributed by atoms with Crippen LogP contribution in [0, 0.1) is 0 Å². The van der Waals surface area contributed by atoms with E-state index in [1.165, 1.54) is 12.3 Å². The molecule has 0 saturated heterocycles. The molecule has 0 spiro atoms. The van der Waals surface area contributed by atoms with Crippen LogP contribution >= 0.6 is 0 Å². The zero-order valence-corrected chi connectivity index (χ0v) is 8.07. The Morgan fingerprint density at radius 2 is 2.40 bits per heavy atom. The Bertz CT molecular complexity index is 552. The number of furan rings is 1. The van der Waals surface area contributed by atoms with Crippen LogP contribution in [0.5, 0.6) is 0 Å². The summed E-state index contributed by atoms with van der Waals surface area (Å²) in [5.41, 5.74) is 0.0913. The lowest BCUT2D eigenvalue weighted by Gasteiger charge is -1.95. The van der Waals surface area contributed by atoms with E-state index in [0.717, 1.165) is 0 Å². The topological polar surface area (TPSA) is 72.3 Å². The molecule has 0 saturated carbocycles. The van der Waals surface area contributed by atoms with Crippen LogP contribution in [0.15, 0.2) is 27.5 Å². The molecule has 0 radical (unpaired) electrons. The van der Waals surface area contributed by atoms with Gasteiger partial charge in [0, 0.05) is 12.3 Å². The third-order valence-corrected chi connectivity index (χ3v) is 1.93. The molecular formula is C10H9NO4. The number of aromatic nitrogens is 1. The maximum Gasteiger partial charge on any atom is 0.374 e. The van der Waals surface area contributed by atoms with Crippen LogP contribution in [0.25, 0.3) is 11.0 Å². The summed E-state index contributed by atoms with van der Waals surface area (Å²) in [5, 5.41) is 0.348. The minimum Gasteiger partial charge on any atom is -0.460 e. The van der Waals surface area contributed by atoms with Gasteiger partial charge >= 0.3 is 5.97 Å². The van der Waals surface area contributed by atoms with Crippen molar-refractivity contribution in [3.8, 4) is 0 Å². The second-order valence-corrected chi connectivity index (χ2v) is 2.92. The minimum absolute atomic E-state index is 0.0450. The van der Waals surface area contributed by atoms with Crippen molar-refractivity contribution in [3.05, 3.63) is 34.4 Å². The van der Waals surface area contributed by atoms with Crippen LogP contribution in [0.3, 0.4) is 0 Å². The van der Waals surface area contributed by atoms with Crippen LogP contribution in [0.4, 0.5) is 0 Å². The molecule has 0 amide bonds. The molecular weight excluding hydrogens is 198 g/mol. The largest absolute Gasteiger partial charge is 0.460 e. The number of aromatic amines is 1. The van der Waals surface area contributed by atoms with Gasteiger partial charge in [0.2, 0.25) is 5.76 Å². The van der Waals surface area contributed by atoms with Crippen molar-refractivity contribution in [3.63, 3.8) is 0 Å². The number of H-pyrrole nitrogens is 1. The van der Waals surface area contributed by atoms with Gasteiger partial charge in [0.05, 0.1) is 12.0 Å². The van der Waals surface area contributed by atoms with E-state index in [2.05, 4.69) is 4.98 Å². The Morgan fingerprint density at radius 3 is 3.07 bits per heavy atom. The molecule has 0 aliphatic carbocycles. The molecule has 78 valence electrons. The number of esters is 1. The predicted octanol–water partition coefficient (Wildman–Crippen LogP) is 1.30. The highest BCUT2D eigenvalue weighted by Gasteiger charge is 2.14. The van der Waals surface area contributed by atoms with E-state index in [1.54, 1.807) is 13.0 Å². The first-order valence-corrected chi connectivity index (χ1v) is 4.50. The normalized spacial score (nSPS) is 10.5. The molecule has 0 atom stereocenters. The number of carbonyl (C=O) groups excluding carboxylic acids is 1. The average Bonchev–Trinajstić information content (AvgIpc) is 2.63. The van der Waals surface area contributed by atoms with Gasteiger partial charge < -0.3 is 14.1 Å². The van der Waals surface area contributed by atoms with Crippen LogP contribution in [0.2, 0.25) is 0 Å². The van der Waals surface area contributed by atoms with Crippen molar-refractivity contribution in [1.82, 2.24) is 4.98 Å². The lowest BCUT2D eigenvalue weighted by molar-refractivity contribution is 0.0492. The van der Waals surface area contributed by atoms with E-state index in [4.69, 9.17) is 9.15 Å². The molecule has 5 nitrogen and oxygen atoms in total. The van der Waals surface area contributed by atoms with Gasteiger partial charge in [-0.15, -0.1) is 0 Å². The quantitative estimate of drug-likeness (QED) is 0.753.